The van der Waals surface area contributed by atoms with Crippen LogP contribution in [-0.2, 0) is 11.3 Å². The number of benzene rings is 1. The number of esters is 1. The Morgan fingerprint density at radius 1 is 1.50 bits per heavy atom. The van der Waals surface area contributed by atoms with Crippen molar-refractivity contribution < 1.29 is 13.9 Å². The molecule has 20 heavy (non-hydrogen) atoms. The molecule has 0 N–H and O–H groups in total. The Kier molecular flexibility index (Phi) is 5.12. The van der Waals surface area contributed by atoms with Gasteiger partial charge in [0, 0.05) is 13.1 Å². The van der Waals surface area contributed by atoms with Crippen molar-refractivity contribution in [3.63, 3.8) is 0 Å². The molecule has 1 heterocycles. The van der Waals surface area contributed by atoms with Crippen molar-refractivity contribution in [3.05, 3.63) is 35.1 Å². The van der Waals surface area contributed by atoms with Gasteiger partial charge in [0.15, 0.2) is 0 Å². The topological polar surface area (TPSA) is 29.5 Å². The minimum absolute atomic E-state index is 0.00123. The molecule has 1 aliphatic rings. The Balaban J connectivity index is 2.03. The lowest BCUT2D eigenvalue weighted by Crippen LogP contribution is -2.34. The van der Waals surface area contributed by atoms with Gasteiger partial charge in [0.25, 0.3) is 0 Å². The number of hydrogen-bond donors (Lipinski definition) is 0. The molecule has 4 heteroatoms. The maximum atomic E-state index is 13.9. The monoisotopic (exact) mass is 279 g/mol. The van der Waals surface area contributed by atoms with Crippen LogP contribution >= 0.6 is 0 Å². The van der Waals surface area contributed by atoms with Gasteiger partial charge in [0.2, 0.25) is 0 Å². The van der Waals surface area contributed by atoms with E-state index in [1.165, 1.54) is 38.5 Å². The number of halogens is 1. The van der Waals surface area contributed by atoms with E-state index < -0.39 is 11.8 Å². The molecule has 1 aliphatic heterocycles. The predicted octanol–water partition coefficient (Wildman–Crippen LogP) is 3.23. The molecule has 2 rings (SSSR count). The third kappa shape index (κ3) is 3.57. The Bertz CT molecular complexity index is 476. The van der Waals surface area contributed by atoms with Crippen molar-refractivity contribution in [3.8, 4) is 0 Å². The first-order valence-corrected chi connectivity index (χ1v) is 7.23. The van der Waals surface area contributed by atoms with Crippen molar-refractivity contribution in [2.45, 2.75) is 32.7 Å². The molecule has 0 aromatic heterocycles. The van der Waals surface area contributed by atoms with Gasteiger partial charge in [-0.15, -0.1) is 0 Å². The van der Waals surface area contributed by atoms with Crippen molar-refractivity contribution in [1.29, 1.82) is 0 Å². The van der Waals surface area contributed by atoms with E-state index in [1.807, 2.05) is 6.07 Å². The summed E-state index contributed by atoms with van der Waals surface area (Å²) < 4.78 is 18.4. The second kappa shape index (κ2) is 6.84. The molecule has 0 radical (unpaired) electrons. The van der Waals surface area contributed by atoms with Crippen LogP contribution in [-0.4, -0.2) is 31.1 Å². The number of methoxy groups -OCH3 is 1. The van der Waals surface area contributed by atoms with Gasteiger partial charge in [-0.05, 0) is 43.0 Å². The standard InChI is InChI=1S/C16H22FNO2/c1-3-12-5-4-8-18(10-12)11-13-6-7-14(15(17)9-13)16(19)20-2/h6-7,9,12H,3-5,8,10-11H2,1-2H3. The summed E-state index contributed by atoms with van der Waals surface area (Å²) in [4.78, 5) is 13.7. The average molecular weight is 279 g/mol. The molecule has 1 unspecified atom stereocenters. The third-order valence-electron chi connectivity index (χ3n) is 4.03. The minimum atomic E-state index is -0.627. The highest BCUT2D eigenvalue weighted by molar-refractivity contribution is 5.89. The van der Waals surface area contributed by atoms with Crippen LogP contribution in [0.4, 0.5) is 4.39 Å². The summed E-state index contributed by atoms with van der Waals surface area (Å²) >= 11 is 0. The molecule has 0 aliphatic carbocycles. The van der Waals surface area contributed by atoms with Crippen molar-refractivity contribution >= 4 is 5.97 Å². The largest absolute Gasteiger partial charge is 0.465 e. The van der Waals surface area contributed by atoms with Crippen LogP contribution in [0.1, 0.15) is 42.1 Å². The number of ether oxygens (including phenoxy) is 1. The van der Waals surface area contributed by atoms with E-state index in [9.17, 15) is 9.18 Å². The van der Waals surface area contributed by atoms with Crippen LogP contribution in [0, 0.1) is 11.7 Å². The molecule has 1 aromatic carbocycles. The highest BCUT2D eigenvalue weighted by Crippen LogP contribution is 2.21. The molecule has 1 atom stereocenters. The summed E-state index contributed by atoms with van der Waals surface area (Å²) in [6, 6.07) is 4.77. The first-order chi connectivity index (χ1) is 9.63. The fourth-order valence-corrected chi connectivity index (χ4v) is 2.82. The SMILES string of the molecule is CCC1CCCN(Cc2ccc(C(=O)OC)c(F)c2)C1. The van der Waals surface area contributed by atoms with Crippen molar-refractivity contribution in [2.75, 3.05) is 20.2 Å². The van der Waals surface area contributed by atoms with E-state index in [-0.39, 0.29) is 5.56 Å². The number of rotatable bonds is 4. The van der Waals surface area contributed by atoms with Crippen LogP contribution in [0.25, 0.3) is 0 Å². The number of likely N-dealkylation sites (tertiary alicyclic amines) is 1. The lowest BCUT2D eigenvalue weighted by molar-refractivity contribution is 0.0595. The number of hydrogen-bond acceptors (Lipinski definition) is 3. The smallest absolute Gasteiger partial charge is 0.340 e. The molecule has 3 nitrogen and oxygen atoms in total. The zero-order chi connectivity index (χ0) is 14.5. The molecule has 1 aromatic rings. The summed E-state index contributed by atoms with van der Waals surface area (Å²) in [6.45, 7) is 5.11. The lowest BCUT2D eigenvalue weighted by Gasteiger charge is -2.32. The number of nitrogens with zero attached hydrogens (tertiary/aromatic N) is 1. The highest BCUT2D eigenvalue weighted by Gasteiger charge is 2.19. The van der Waals surface area contributed by atoms with Crippen molar-refractivity contribution in [2.24, 2.45) is 5.92 Å². The fourth-order valence-electron chi connectivity index (χ4n) is 2.82. The summed E-state index contributed by atoms with van der Waals surface area (Å²) in [6.07, 6.45) is 3.70. The van der Waals surface area contributed by atoms with Crippen molar-refractivity contribution in [1.82, 2.24) is 4.90 Å². The zero-order valence-electron chi connectivity index (χ0n) is 12.2. The van der Waals surface area contributed by atoms with Crippen LogP contribution in [0.15, 0.2) is 18.2 Å². The molecule has 0 saturated carbocycles. The molecule has 0 amide bonds. The van der Waals surface area contributed by atoms with Gasteiger partial charge < -0.3 is 4.74 Å². The van der Waals surface area contributed by atoms with Gasteiger partial charge in [0.1, 0.15) is 5.82 Å². The maximum Gasteiger partial charge on any atom is 0.340 e. The maximum absolute atomic E-state index is 13.9. The summed E-state index contributed by atoms with van der Waals surface area (Å²) in [5.41, 5.74) is 0.910. The van der Waals surface area contributed by atoms with Gasteiger partial charge in [-0.3, -0.25) is 4.90 Å². The quantitative estimate of drug-likeness (QED) is 0.792. The Morgan fingerprint density at radius 2 is 2.30 bits per heavy atom. The fraction of sp³-hybridized carbons (Fsp3) is 0.562. The molecule has 1 saturated heterocycles. The average Bonchev–Trinajstić information content (AvgIpc) is 2.47. The first-order valence-electron chi connectivity index (χ1n) is 7.23. The Hall–Kier alpha value is -1.42. The molecule has 0 spiro atoms. The molecular formula is C16H22FNO2. The molecule has 0 bridgehead atoms. The van der Waals surface area contributed by atoms with Gasteiger partial charge in [-0.2, -0.15) is 0 Å². The summed E-state index contributed by atoms with van der Waals surface area (Å²) in [7, 11) is 1.26. The van der Waals surface area contributed by atoms with E-state index in [2.05, 4.69) is 16.6 Å². The second-order valence-electron chi connectivity index (χ2n) is 5.46. The van der Waals surface area contributed by atoms with E-state index in [4.69, 9.17) is 0 Å². The minimum Gasteiger partial charge on any atom is -0.465 e. The van der Waals surface area contributed by atoms with E-state index in [0.717, 1.165) is 31.1 Å². The van der Waals surface area contributed by atoms with Crippen LogP contribution in [0.3, 0.4) is 0 Å². The van der Waals surface area contributed by atoms with Gasteiger partial charge in [-0.25, -0.2) is 9.18 Å². The highest BCUT2D eigenvalue weighted by atomic mass is 19.1. The van der Waals surface area contributed by atoms with E-state index >= 15 is 0 Å². The van der Waals surface area contributed by atoms with Crippen LogP contribution < -0.4 is 0 Å². The Labute approximate surface area is 119 Å². The van der Waals surface area contributed by atoms with Gasteiger partial charge >= 0.3 is 5.97 Å². The predicted molar refractivity (Wildman–Crippen MR) is 76.0 cm³/mol. The third-order valence-corrected chi connectivity index (χ3v) is 4.03. The van der Waals surface area contributed by atoms with Crippen LogP contribution in [0.5, 0.6) is 0 Å². The Morgan fingerprint density at radius 3 is 2.95 bits per heavy atom. The van der Waals surface area contributed by atoms with E-state index in [0.29, 0.717) is 0 Å². The normalized spacial score (nSPS) is 19.9. The number of piperidine rings is 1. The lowest BCUT2D eigenvalue weighted by atomic mass is 9.95. The zero-order valence-corrected chi connectivity index (χ0v) is 12.2. The van der Waals surface area contributed by atoms with Gasteiger partial charge in [0.05, 0.1) is 12.7 Å². The van der Waals surface area contributed by atoms with Crippen LogP contribution in [0.2, 0.25) is 0 Å². The summed E-state index contributed by atoms with van der Waals surface area (Å²) in [5, 5.41) is 0. The number of carbonyl (C=O) groups excluding carboxylic acids is 1. The molecule has 110 valence electrons. The number of carbonyl (C=O) groups is 1. The molecule has 1 fully saturated rings. The summed E-state index contributed by atoms with van der Waals surface area (Å²) in [5.74, 6) is -0.376. The second-order valence-corrected chi connectivity index (χ2v) is 5.46. The van der Waals surface area contributed by atoms with E-state index in [1.54, 1.807) is 0 Å². The van der Waals surface area contributed by atoms with Gasteiger partial charge in [-0.1, -0.05) is 19.4 Å². The molecular weight excluding hydrogens is 257 g/mol. The first kappa shape index (κ1) is 15.0.